The van der Waals surface area contributed by atoms with Crippen LogP contribution in [0.3, 0.4) is 0 Å². The summed E-state index contributed by atoms with van der Waals surface area (Å²) < 4.78 is 12.6. The van der Waals surface area contributed by atoms with E-state index >= 15 is 0 Å². The quantitative estimate of drug-likeness (QED) is 0.464. The van der Waals surface area contributed by atoms with Crippen LogP contribution >= 0.6 is 11.3 Å². The smallest absolute Gasteiger partial charge is 0.318 e. The lowest BCUT2D eigenvalue weighted by atomic mass is 10.0. The molecular formula is C27H36N6O3S. The van der Waals surface area contributed by atoms with Crippen molar-refractivity contribution in [3.63, 3.8) is 0 Å². The fraction of sp³-hybridized carbons (Fsp3) is 0.593. The molecule has 9 nitrogen and oxygen atoms in total. The Morgan fingerprint density at radius 1 is 1.00 bits per heavy atom. The maximum atomic E-state index is 10.4. The Bertz CT molecular complexity index is 1240. The molecule has 3 aliphatic heterocycles. The summed E-state index contributed by atoms with van der Waals surface area (Å²) in [5.41, 5.74) is 4.18. The monoisotopic (exact) mass is 524 g/mol. The number of phenolic OH excluding ortho intramolecular Hbond substituents is 1. The molecule has 2 fully saturated rings. The number of aromatic hydroxyl groups is 1. The van der Waals surface area contributed by atoms with E-state index in [0.717, 1.165) is 97.7 Å². The second-order valence-electron chi connectivity index (χ2n) is 10.2. The van der Waals surface area contributed by atoms with Crippen LogP contribution in [0.5, 0.6) is 11.8 Å². The zero-order chi connectivity index (χ0) is 25.2. The molecule has 1 aromatic carbocycles. The summed E-state index contributed by atoms with van der Waals surface area (Å²) in [6.45, 7) is 10.8. The van der Waals surface area contributed by atoms with Gasteiger partial charge in [0.2, 0.25) is 0 Å². The maximum absolute atomic E-state index is 10.4. The van der Waals surface area contributed by atoms with Gasteiger partial charge in [-0.25, -0.2) is 4.98 Å². The SMILES string of the molecule is Cc1nc2c(N3CCc4c(nc(OCCCN5CCOCC5)nc4N4CCCCC4)C3)cc(O)cc2s1. The maximum Gasteiger partial charge on any atom is 0.318 e. The summed E-state index contributed by atoms with van der Waals surface area (Å²) in [7, 11) is 0. The standard InChI is InChI=1S/C27H36N6O3S/c1-19-28-25-23(16-20(34)17-24(25)37-19)33-10-6-21-22(18-33)29-27(30-26(21)32-8-3-2-4-9-32)36-13-5-7-31-11-14-35-15-12-31/h16-17,34H,2-15,18H2,1H3. The normalized spacial score (nSPS) is 18.8. The highest BCUT2D eigenvalue weighted by molar-refractivity contribution is 7.18. The summed E-state index contributed by atoms with van der Waals surface area (Å²) in [5.74, 6) is 1.33. The average Bonchev–Trinajstić information content (AvgIpc) is 3.30. The number of anilines is 2. The van der Waals surface area contributed by atoms with Crippen LogP contribution in [-0.4, -0.2) is 84.0 Å². The van der Waals surface area contributed by atoms with Gasteiger partial charge in [0.05, 0.1) is 47.5 Å². The number of nitrogens with zero attached hydrogens (tertiary/aromatic N) is 6. The Balaban J connectivity index is 1.24. The van der Waals surface area contributed by atoms with E-state index in [1.807, 2.05) is 13.0 Å². The van der Waals surface area contributed by atoms with Crippen molar-refractivity contribution in [1.29, 1.82) is 0 Å². The molecule has 198 valence electrons. The van der Waals surface area contributed by atoms with Crippen LogP contribution in [0.1, 0.15) is 41.9 Å². The van der Waals surface area contributed by atoms with E-state index < -0.39 is 0 Å². The molecule has 0 bridgehead atoms. The van der Waals surface area contributed by atoms with Crippen molar-refractivity contribution in [2.75, 3.05) is 68.9 Å². The molecule has 10 heteroatoms. The molecule has 0 radical (unpaired) electrons. The van der Waals surface area contributed by atoms with Crippen molar-refractivity contribution in [3.8, 4) is 11.8 Å². The molecule has 6 rings (SSSR count). The fourth-order valence-electron chi connectivity index (χ4n) is 5.65. The van der Waals surface area contributed by atoms with Gasteiger partial charge in [-0.2, -0.15) is 9.97 Å². The largest absolute Gasteiger partial charge is 0.508 e. The lowest BCUT2D eigenvalue weighted by Crippen LogP contribution is -2.37. The Morgan fingerprint density at radius 3 is 2.68 bits per heavy atom. The van der Waals surface area contributed by atoms with Gasteiger partial charge in [-0.1, -0.05) is 0 Å². The summed E-state index contributed by atoms with van der Waals surface area (Å²) >= 11 is 1.61. The number of aryl methyl sites for hydroxylation is 1. The number of phenols is 1. The number of hydrogen-bond acceptors (Lipinski definition) is 10. The van der Waals surface area contributed by atoms with Gasteiger partial charge in [0.15, 0.2) is 0 Å². The number of hydrogen-bond donors (Lipinski definition) is 1. The van der Waals surface area contributed by atoms with Crippen LogP contribution in [0, 0.1) is 6.92 Å². The Hall–Kier alpha value is -2.69. The molecule has 5 heterocycles. The van der Waals surface area contributed by atoms with E-state index in [1.54, 1.807) is 17.4 Å². The first-order valence-electron chi connectivity index (χ1n) is 13.6. The summed E-state index contributed by atoms with van der Waals surface area (Å²) in [6, 6.07) is 4.12. The molecule has 0 unspecified atom stereocenters. The van der Waals surface area contributed by atoms with Crippen molar-refractivity contribution in [1.82, 2.24) is 19.9 Å². The van der Waals surface area contributed by atoms with E-state index in [9.17, 15) is 5.11 Å². The number of fused-ring (bicyclic) bond motifs is 2. The van der Waals surface area contributed by atoms with Crippen molar-refractivity contribution in [2.45, 2.75) is 45.6 Å². The number of ether oxygens (including phenoxy) is 2. The van der Waals surface area contributed by atoms with Gasteiger partial charge in [-0.05, 0) is 45.1 Å². The van der Waals surface area contributed by atoms with Crippen LogP contribution in [-0.2, 0) is 17.7 Å². The Morgan fingerprint density at radius 2 is 1.84 bits per heavy atom. The van der Waals surface area contributed by atoms with Gasteiger partial charge in [-0.3, -0.25) is 4.90 Å². The summed E-state index contributed by atoms with van der Waals surface area (Å²) in [6.07, 6.45) is 5.48. The number of aromatic nitrogens is 3. The highest BCUT2D eigenvalue weighted by Gasteiger charge is 2.28. The third-order valence-corrected chi connectivity index (χ3v) is 8.46. The number of piperidine rings is 1. The van der Waals surface area contributed by atoms with Gasteiger partial charge >= 0.3 is 6.01 Å². The van der Waals surface area contributed by atoms with E-state index in [2.05, 4.69) is 14.7 Å². The van der Waals surface area contributed by atoms with Crippen LogP contribution in [0.4, 0.5) is 11.5 Å². The minimum absolute atomic E-state index is 0.276. The van der Waals surface area contributed by atoms with E-state index in [1.165, 1.54) is 24.8 Å². The van der Waals surface area contributed by atoms with E-state index in [0.29, 0.717) is 19.2 Å². The molecule has 2 aromatic heterocycles. The van der Waals surface area contributed by atoms with Gasteiger partial charge < -0.3 is 24.4 Å². The number of thiazole rings is 1. The molecule has 0 atom stereocenters. The molecular weight excluding hydrogens is 488 g/mol. The zero-order valence-corrected chi connectivity index (χ0v) is 22.4. The van der Waals surface area contributed by atoms with E-state index in [4.69, 9.17) is 24.4 Å². The fourth-order valence-corrected chi connectivity index (χ4v) is 6.53. The molecule has 0 saturated carbocycles. The highest BCUT2D eigenvalue weighted by Crippen LogP contribution is 2.38. The minimum Gasteiger partial charge on any atom is -0.508 e. The van der Waals surface area contributed by atoms with Gasteiger partial charge in [-0.15, -0.1) is 11.3 Å². The first kappa shape index (κ1) is 24.6. The average molecular weight is 525 g/mol. The van der Waals surface area contributed by atoms with Crippen LogP contribution in [0.25, 0.3) is 10.2 Å². The van der Waals surface area contributed by atoms with Gasteiger partial charge in [0, 0.05) is 50.9 Å². The summed E-state index contributed by atoms with van der Waals surface area (Å²) in [4.78, 5) is 21.8. The Labute approximate surface area is 222 Å². The zero-order valence-electron chi connectivity index (χ0n) is 21.6. The summed E-state index contributed by atoms with van der Waals surface area (Å²) in [5, 5.41) is 11.4. The first-order valence-corrected chi connectivity index (χ1v) is 14.4. The predicted octanol–water partition coefficient (Wildman–Crippen LogP) is 3.75. The molecule has 0 amide bonds. The third kappa shape index (κ3) is 5.46. The molecule has 37 heavy (non-hydrogen) atoms. The van der Waals surface area contributed by atoms with Crippen molar-refractivity contribution >= 4 is 33.1 Å². The predicted molar refractivity (Wildman–Crippen MR) is 146 cm³/mol. The third-order valence-electron chi connectivity index (χ3n) is 7.54. The molecule has 3 aliphatic rings. The molecule has 3 aromatic rings. The van der Waals surface area contributed by atoms with Crippen LogP contribution < -0.4 is 14.5 Å². The molecule has 0 aliphatic carbocycles. The number of rotatable bonds is 7. The molecule has 1 N–H and O–H groups in total. The van der Waals surface area contributed by atoms with Crippen molar-refractivity contribution < 1.29 is 14.6 Å². The van der Waals surface area contributed by atoms with E-state index in [-0.39, 0.29) is 5.75 Å². The lowest BCUT2D eigenvalue weighted by Gasteiger charge is -2.35. The minimum atomic E-state index is 0.276. The van der Waals surface area contributed by atoms with Crippen molar-refractivity contribution in [2.24, 2.45) is 0 Å². The topological polar surface area (TPSA) is 87.1 Å². The molecule has 0 spiro atoms. The van der Waals surface area contributed by atoms with Gasteiger partial charge in [0.25, 0.3) is 0 Å². The number of morpholine rings is 1. The molecule has 2 saturated heterocycles. The number of benzene rings is 1. The second-order valence-corrected chi connectivity index (χ2v) is 11.4. The Kier molecular flexibility index (Phi) is 7.30. The van der Waals surface area contributed by atoms with Crippen LogP contribution in [0.15, 0.2) is 12.1 Å². The highest BCUT2D eigenvalue weighted by atomic mass is 32.1. The lowest BCUT2D eigenvalue weighted by molar-refractivity contribution is 0.0356. The van der Waals surface area contributed by atoms with Crippen molar-refractivity contribution in [3.05, 3.63) is 28.4 Å². The first-order chi connectivity index (χ1) is 18.1. The van der Waals surface area contributed by atoms with Gasteiger partial charge in [0.1, 0.15) is 17.1 Å². The van der Waals surface area contributed by atoms with Crippen LogP contribution in [0.2, 0.25) is 0 Å². The second kappa shape index (κ2) is 11.0.